The zero-order valence-electron chi connectivity index (χ0n) is 15.5. The highest BCUT2D eigenvalue weighted by Crippen LogP contribution is 2.32. The van der Waals surface area contributed by atoms with Crippen molar-refractivity contribution in [1.29, 1.82) is 0 Å². The number of benzene rings is 1. The molecule has 1 aromatic heterocycles. The second kappa shape index (κ2) is 7.43. The van der Waals surface area contributed by atoms with E-state index in [0.29, 0.717) is 24.7 Å². The van der Waals surface area contributed by atoms with Crippen molar-refractivity contribution < 1.29 is 18.0 Å². The summed E-state index contributed by atoms with van der Waals surface area (Å²) in [5.41, 5.74) is 0.427. The lowest BCUT2D eigenvalue weighted by Crippen LogP contribution is -2.41. The topological polar surface area (TPSA) is 36.7 Å². The number of hydrogen-bond acceptors (Lipinski definition) is 3. The van der Waals surface area contributed by atoms with E-state index in [1.807, 2.05) is 28.9 Å². The summed E-state index contributed by atoms with van der Waals surface area (Å²) in [6.07, 6.45) is 4.05. The molecular weight excluding hydrogens is 350 g/mol. The molecule has 0 aliphatic heterocycles. The van der Waals surface area contributed by atoms with Gasteiger partial charge in [0.15, 0.2) is 0 Å². The van der Waals surface area contributed by atoms with Gasteiger partial charge in [0, 0.05) is 30.3 Å². The molecule has 1 heterocycles. The molecule has 6 heteroatoms. The number of carbonyl (C=O) groups is 1. The summed E-state index contributed by atoms with van der Waals surface area (Å²) in [4.78, 5) is 16.9. The molecule has 1 aromatic carbocycles. The number of hydrogen-bond donors (Lipinski definition) is 0. The predicted molar refractivity (Wildman–Crippen MR) is 96.8 cm³/mol. The van der Waals surface area contributed by atoms with Crippen LogP contribution in [0.15, 0.2) is 34.7 Å². The fourth-order valence-corrected chi connectivity index (χ4v) is 3.43. The first-order chi connectivity index (χ1) is 13.0. The van der Waals surface area contributed by atoms with Crippen molar-refractivity contribution in [2.45, 2.75) is 57.8 Å². The number of furan rings is 1. The number of amides is 1. The van der Waals surface area contributed by atoms with Gasteiger partial charge in [0.1, 0.15) is 23.2 Å². The molecule has 4 nitrogen and oxygen atoms in total. The fraction of sp³-hybridized carbons (Fsp3) is 0.476. The van der Waals surface area contributed by atoms with Gasteiger partial charge in [-0.2, -0.15) is 0 Å². The highest BCUT2D eigenvalue weighted by Gasteiger charge is 2.36. The van der Waals surface area contributed by atoms with Crippen molar-refractivity contribution in [2.24, 2.45) is 0 Å². The Labute approximate surface area is 157 Å². The number of halogens is 2. The van der Waals surface area contributed by atoms with E-state index in [1.54, 1.807) is 0 Å². The highest BCUT2D eigenvalue weighted by molar-refractivity contribution is 5.79. The van der Waals surface area contributed by atoms with Crippen molar-refractivity contribution >= 4 is 5.91 Å². The first kappa shape index (κ1) is 18.2. The molecule has 27 heavy (non-hydrogen) atoms. The van der Waals surface area contributed by atoms with Crippen LogP contribution in [0.1, 0.15) is 42.8 Å². The maximum atomic E-state index is 14.0. The molecule has 1 amide bonds. The van der Waals surface area contributed by atoms with Gasteiger partial charge >= 0.3 is 0 Å². The van der Waals surface area contributed by atoms with E-state index in [-0.39, 0.29) is 18.5 Å². The van der Waals surface area contributed by atoms with Crippen LogP contribution in [0.5, 0.6) is 0 Å². The molecule has 0 atom stereocenters. The molecule has 0 radical (unpaired) electrons. The normalized spacial score (nSPS) is 16.7. The van der Waals surface area contributed by atoms with Crippen molar-refractivity contribution in [3.8, 4) is 0 Å². The molecule has 0 spiro atoms. The van der Waals surface area contributed by atoms with E-state index in [9.17, 15) is 13.6 Å². The minimum Gasteiger partial charge on any atom is -0.464 e. The van der Waals surface area contributed by atoms with Crippen LogP contribution in [0, 0.1) is 18.6 Å². The third kappa shape index (κ3) is 4.56. The van der Waals surface area contributed by atoms with Crippen LogP contribution in [0.4, 0.5) is 8.78 Å². The van der Waals surface area contributed by atoms with Crippen molar-refractivity contribution in [3.63, 3.8) is 0 Å². The highest BCUT2D eigenvalue weighted by atomic mass is 19.1. The first-order valence-electron chi connectivity index (χ1n) is 9.52. The quantitative estimate of drug-likeness (QED) is 0.700. The van der Waals surface area contributed by atoms with Crippen molar-refractivity contribution in [1.82, 2.24) is 9.80 Å². The van der Waals surface area contributed by atoms with E-state index in [4.69, 9.17) is 4.42 Å². The van der Waals surface area contributed by atoms with Gasteiger partial charge in [-0.15, -0.1) is 0 Å². The Hall–Kier alpha value is -2.21. The van der Waals surface area contributed by atoms with Crippen LogP contribution in [0.25, 0.3) is 0 Å². The Morgan fingerprint density at radius 1 is 1.07 bits per heavy atom. The molecule has 2 aliphatic rings. The van der Waals surface area contributed by atoms with Crippen LogP contribution in [0.3, 0.4) is 0 Å². The average Bonchev–Trinajstić information content (AvgIpc) is 3.53. The number of aryl methyl sites for hydroxylation is 1. The summed E-state index contributed by atoms with van der Waals surface area (Å²) < 4.78 is 32.8. The van der Waals surface area contributed by atoms with Crippen LogP contribution < -0.4 is 0 Å². The standard InChI is InChI=1S/C21H24F2N2O2/c1-14-2-9-19(27-14)12-25(18-7-8-18)21(26)13-24(17-5-6-17)11-15-3-4-16(22)10-20(15)23/h2-4,9-10,17-18H,5-8,11-13H2,1H3. The summed E-state index contributed by atoms with van der Waals surface area (Å²) in [7, 11) is 0. The Morgan fingerprint density at radius 3 is 2.41 bits per heavy atom. The van der Waals surface area contributed by atoms with Crippen molar-refractivity contribution in [2.75, 3.05) is 6.54 Å². The third-order valence-corrected chi connectivity index (χ3v) is 5.22. The van der Waals surface area contributed by atoms with Crippen LogP contribution >= 0.6 is 0 Å². The summed E-state index contributed by atoms with van der Waals surface area (Å²) in [6, 6.07) is 8.01. The lowest BCUT2D eigenvalue weighted by atomic mass is 10.2. The first-order valence-corrected chi connectivity index (χ1v) is 9.52. The summed E-state index contributed by atoms with van der Waals surface area (Å²) in [5, 5.41) is 0. The van der Waals surface area contributed by atoms with Crippen LogP contribution in [-0.4, -0.2) is 34.3 Å². The maximum Gasteiger partial charge on any atom is 0.237 e. The van der Waals surface area contributed by atoms with Gasteiger partial charge in [-0.05, 0) is 50.8 Å². The lowest BCUT2D eigenvalue weighted by molar-refractivity contribution is -0.134. The summed E-state index contributed by atoms with van der Waals surface area (Å²) >= 11 is 0. The van der Waals surface area contributed by atoms with Crippen LogP contribution in [0.2, 0.25) is 0 Å². The van der Waals surface area contributed by atoms with Gasteiger partial charge in [-0.1, -0.05) is 6.07 Å². The fourth-order valence-electron chi connectivity index (χ4n) is 3.43. The predicted octanol–water partition coefficient (Wildman–Crippen LogP) is 4.02. The molecule has 0 N–H and O–H groups in total. The number of nitrogens with zero attached hydrogens (tertiary/aromatic N) is 2. The van der Waals surface area contributed by atoms with E-state index in [1.165, 1.54) is 12.1 Å². The molecule has 2 saturated carbocycles. The molecule has 2 fully saturated rings. The van der Waals surface area contributed by atoms with E-state index in [2.05, 4.69) is 0 Å². The van der Waals surface area contributed by atoms with Crippen molar-refractivity contribution in [3.05, 3.63) is 59.1 Å². The summed E-state index contributed by atoms with van der Waals surface area (Å²) in [6.45, 7) is 2.93. The molecule has 4 rings (SSSR count). The third-order valence-electron chi connectivity index (χ3n) is 5.22. The molecule has 144 valence electrons. The molecule has 0 saturated heterocycles. The minimum atomic E-state index is -0.584. The largest absolute Gasteiger partial charge is 0.464 e. The van der Waals surface area contributed by atoms with Gasteiger partial charge < -0.3 is 9.32 Å². The molecule has 2 aliphatic carbocycles. The molecular formula is C21H24F2N2O2. The van der Waals surface area contributed by atoms with Gasteiger partial charge in [-0.3, -0.25) is 9.69 Å². The number of carbonyl (C=O) groups excluding carboxylic acids is 1. The maximum absolute atomic E-state index is 14.0. The molecule has 2 aromatic rings. The Kier molecular flexibility index (Phi) is 5.00. The molecule has 0 bridgehead atoms. The zero-order valence-corrected chi connectivity index (χ0v) is 15.5. The van der Waals surface area contributed by atoms with Gasteiger partial charge in [0.2, 0.25) is 5.91 Å². The second-order valence-corrected chi connectivity index (χ2v) is 7.64. The SMILES string of the molecule is Cc1ccc(CN(C(=O)CN(Cc2ccc(F)cc2F)C2CC2)C2CC2)o1. The second-order valence-electron chi connectivity index (χ2n) is 7.64. The van der Waals surface area contributed by atoms with E-state index >= 15 is 0 Å². The molecule has 0 unspecified atom stereocenters. The number of rotatable bonds is 8. The van der Waals surface area contributed by atoms with Gasteiger partial charge in [-0.25, -0.2) is 8.78 Å². The Balaban J connectivity index is 1.44. The Bertz CT molecular complexity index is 827. The Morgan fingerprint density at radius 2 is 1.81 bits per heavy atom. The van der Waals surface area contributed by atoms with Gasteiger partial charge in [0.25, 0.3) is 0 Å². The average molecular weight is 374 g/mol. The minimum absolute atomic E-state index is 0.0426. The lowest BCUT2D eigenvalue weighted by Gasteiger charge is -2.27. The van der Waals surface area contributed by atoms with E-state index < -0.39 is 11.6 Å². The zero-order chi connectivity index (χ0) is 19.0. The van der Waals surface area contributed by atoms with Crippen LogP contribution in [-0.2, 0) is 17.9 Å². The summed E-state index contributed by atoms with van der Waals surface area (Å²) in [5.74, 6) is 0.521. The smallest absolute Gasteiger partial charge is 0.237 e. The monoisotopic (exact) mass is 374 g/mol. The van der Waals surface area contributed by atoms with E-state index in [0.717, 1.165) is 43.3 Å². The van der Waals surface area contributed by atoms with Gasteiger partial charge in [0.05, 0.1) is 13.1 Å².